The van der Waals surface area contributed by atoms with E-state index in [0.29, 0.717) is 39.9 Å². The molecule has 1 saturated heterocycles. The molecule has 0 spiro atoms. The molecular weight excluding hydrogens is 460 g/mol. The molecule has 2 aromatic heterocycles. The van der Waals surface area contributed by atoms with Crippen LogP contribution in [0.5, 0.6) is 0 Å². The van der Waals surface area contributed by atoms with E-state index < -0.39 is 0 Å². The Morgan fingerprint density at radius 3 is 2.89 bits per heavy atom. The van der Waals surface area contributed by atoms with E-state index in [1.807, 2.05) is 12.1 Å². The van der Waals surface area contributed by atoms with Crippen molar-refractivity contribution in [2.45, 2.75) is 50.6 Å². The number of nitriles is 1. The lowest BCUT2D eigenvalue weighted by Crippen LogP contribution is -2.63. The fourth-order valence-electron chi connectivity index (χ4n) is 5.78. The van der Waals surface area contributed by atoms with Crippen molar-refractivity contribution in [1.29, 1.82) is 5.26 Å². The summed E-state index contributed by atoms with van der Waals surface area (Å²) in [7, 11) is 0. The molecule has 0 bridgehead atoms. The first-order chi connectivity index (χ1) is 17.0. The van der Waals surface area contributed by atoms with Crippen LogP contribution in [0.1, 0.15) is 54.9 Å². The van der Waals surface area contributed by atoms with Crippen molar-refractivity contribution >= 4 is 28.4 Å². The number of carbonyl (C=O) groups excluding carboxylic acids is 1. The Balaban J connectivity index is 1.48. The normalized spacial score (nSPS) is 20.4. The average molecular weight is 491 g/mol. The lowest BCUT2D eigenvalue weighted by Gasteiger charge is -2.49. The van der Waals surface area contributed by atoms with E-state index in [0.717, 1.165) is 38.0 Å². The minimum atomic E-state index is -0.149. The van der Waals surface area contributed by atoms with Gasteiger partial charge in [-0.05, 0) is 44.0 Å². The van der Waals surface area contributed by atoms with E-state index in [-0.39, 0.29) is 11.4 Å². The molecule has 7 nitrogen and oxygen atoms in total. The lowest BCUT2D eigenvalue weighted by atomic mass is 9.79. The molecule has 1 aliphatic carbocycles. The smallest absolute Gasteiger partial charge is 0.253 e. The van der Waals surface area contributed by atoms with E-state index in [9.17, 15) is 10.1 Å². The van der Waals surface area contributed by atoms with Crippen LogP contribution in [0.15, 0.2) is 42.7 Å². The molecule has 2 N–H and O–H groups in total. The molecule has 1 atom stereocenters. The van der Waals surface area contributed by atoms with Gasteiger partial charge in [-0.15, -0.1) is 0 Å². The van der Waals surface area contributed by atoms with E-state index in [1.54, 1.807) is 35.2 Å². The molecule has 1 saturated carbocycles. The van der Waals surface area contributed by atoms with Crippen LogP contribution in [-0.2, 0) is 0 Å². The van der Waals surface area contributed by atoms with Gasteiger partial charge in [-0.25, -0.2) is 4.98 Å². The van der Waals surface area contributed by atoms with Crippen molar-refractivity contribution in [3.63, 3.8) is 0 Å². The second kappa shape index (κ2) is 9.98. The number of halogens is 1. The number of hydrogen-bond donors (Lipinski definition) is 2. The van der Waals surface area contributed by atoms with Crippen LogP contribution < -0.4 is 10.6 Å². The molecule has 3 aromatic rings. The van der Waals surface area contributed by atoms with Crippen molar-refractivity contribution in [2.75, 3.05) is 26.2 Å². The van der Waals surface area contributed by atoms with Crippen LogP contribution in [-0.4, -0.2) is 58.1 Å². The maximum Gasteiger partial charge on any atom is 0.253 e. The predicted octanol–water partition coefficient (Wildman–Crippen LogP) is 4.28. The van der Waals surface area contributed by atoms with E-state index >= 15 is 0 Å². The Labute approximate surface area is 211 Å². The van der Waals surface area contributed by atoms with Gasteiger partial charge in [0, 0.05) is 55.5 Å². The van der Waals surface area contributed by atoms with Gasteiger partial charge in [0.25, 0.3) is 5.91 Å². The molecule has 1 amide bonds. The summed E-state index contributed by atoms with van der Waals surface area (Å²) in [6.45, 7) is 5.82. The van der Waals surface area contributed by atoms with Gasteiger partial charge in [-0.3, -0.25) is 14.3 Å². The Bertz CT molecular complexity index is 1270. The standard InChI is InChI=1S/C27H31ClN6O/c1-19-16-33(14-13-30-19)27(10-3-2-4-11-27)18-32-26(35)21-17-34(23-9-5-8-22(28)24(21)23)25-20(15-29)7-6-12-31-25/h5-9,12,17,19,30H,2-4,10-11,13-14,16,18H2,1H3,(H,32,35)/t19-/m0/s1. The van der Waals surface area contributed by atoms with Gasteiger partial charge >= 0.3 is 0 Å². The summed E-state index contributed by atoms with van der Waals surface area (Å²) in [6, 6.07) is 11.6. The number of rotatable bonds is 5. The highest BCUT2D eigenvalue weighted by molar-refractivity contribution is 6.37. The van der Waals surface area contributed by atoms with Crippen LogP contribution in [0.4, 0.5) is 0 Å². The van der Waals surface area contributed by atoms with Gasteiger partial charge in [0.1, 0.15) is 6.07 Å². The van der Waals surface area contributed by atoms with Gasteiger partial charge in [0.2, 0.25) is 0 Å². The van der Waals surface area contributed by atoms with Crippen LogP contribution in [0.25, 0.3) is 16.7 Å². The third-order valence-corrected chi connectivity index (χ3v) is 7.88. The number of amides is 1. The van der Waals surface area contributed by atoms with Crippen molar-refractivity contribution in [3.05, 3.63) is 58.9 Å². The van der Waals surface area contributed by atoms with Crippen molar-refractivity contribution in [3.8, 4) is 11.9 Å². The summed E-state index contributed by atoms with van der Waals surface area (Å²) in [6.07, 6.45) is 9.24. The third-order valence-electron chi connectivity index (χ3n) is 7.56. The van der Waals surface area contributed by atoms with Gasteiger partial charge in [-0.2, -0.15) is 5.26 Å². The van der Waals surface area contributed by atoms with Gasteiger partial charge in [0.15, 0.2) is 5.82 Å². The number of nitrogens with one attached hydrogen (secondary N) is 2. The first-order valence-corrected chi connectivity index (χ1v) is 12.8. The molecule has 8 heteroatoms. The topological polar surface area (TPSA) is 86.0 Å². The maximum absolute atomic E-state index is 13.6. The van der Waals surface area contributed by atoms with Gasteiger partial charge < -0.3 is 10.6 Å². The van der Waals surface area contributed by atoms with Crippen molar-refractivity contribution in [1.82, 2.24) is 25.1 Å². The monoisotopic (exact) mass is 490 g/mol. The fraction of sp³-hybridized carbons (Fsp3) is 0.444. The molecular formula is C27H31ClN6O. The molecule has 182 valence electrons. The lowest BCUT2D eigenvalue weighted by molar-refractivity contribution is 0.0273. The Hall–Kier alpha value is -2.92. The summed E-state index contributed by atoms with van der Waals surface area (Å²) < 4.78 is 1.79. The zero-order valence-corrected chi connectivity index (χ0v) is 20.8. The summed E-state index contributed by atoms with van der Waals surface area (Å²) in [5.41, 5.74) is 1.67. The zero-order chi connectivity index (χ0) is 24.4. The number of piperazine rings is 1. The SMILES string of the molecule is C[C@H]1CN(C2(CNC(=O)c3cn(-c4ncccc4C#N)c4cccc(Cl)c34)CCCCC2)CCN1. The number of hydrogen-bond acceptors (Lipinski definition) is 5. The second-order valence-corrected chi connectivity index (χ2v) is 10.2. The highest BCUT2D eigenvalue weighted by Crippen LogP contribution is 2.35. The summed E-state index contributed by atoms with van der Waals surface area (Å²) in [5, 5.41) is 17.6. The maximum atomic E-state index is 13.6. The number of aromatic nitrogens is 2. The quantitative estimate of drug-likeness (QED) is 0.557. The number of fused-ring (bicyclic) bond motifs is 1. The van der Waals surface area contributed by atoms with Crippen LogP contribution in [0.2, 0.25) is 5.02 Å². The van der Waals surface area contributed by atoms with Crippen LogP contribution >= 0.6 is 11.6 Å². The first kappa shape index (κ1) is 23.8. The van der Waals surface area contributed by atoms with Gasteiger partial charge in [0.05, 0.1) is 21.7 Å². The van der Waals surface area contributed by atoms with E-state index in [2.05, 4.69) is 33.5 Å². The molecule has 1 aliphatic heterocycles. The van der Waals surface area contributed by atoms with E-state index in [1.165, 1.54) is 19.3 Å². The van der Waals surface area contributed by atoms with Crippen molar-refractivity contribution < 1.29 is 4.79 Å². The summed E-state index contributed by atoms with van der Waals surface area (Å²) in [5.74, 6) is 0.337. The molecule has 1 aromatic carbocycles. The zero-order valence-electron chi connectivity index (χ0n) is 20.1. The van der Waals surface area contributed by atoms with Crippen molar-refractivity contribution in [2.24, 2.45) is 0 Å². The molecule has 2 aliphatic rings. The number of carbonyl (C=O) groups is 1. The molecule has 35 heavy (non-hydrogen) atoms. The fourth-order valence-corrected chi connectivity index (χ4v) is 6.06. The molecule has 3 heterocycles. The number of pyridine rings is 1. The molecule has 0 radical (unpaired) electrons. The highest BCUT2D eigenvalue weighted by Gasteiger charge is 2.39. The Morgan fingerprint density at radius 1 is 1.29 bits per heavy atom. The second-order valence-electron chi connectivity index (χ2n) is 9.80. The Morgan fingerprint density at radius 2 is 2.11 bits per heavy atom. The Kier molecular flexibility index (Phi) is 6.79. The minimum absolute atomic E-state index is 0.0125. The predicted molar refractivity (Wildman–Crippen MR) is 138 cm³/mol. The van der Waals surface area contributed by atoms with Crippen LogP contribution in [0, 0.1) is 11.3 Å². The minimum Gasteiger partial charge on any atom is -0.350 e. The third kappa shape index (κ3) is 4.54. The molecule has 2 fully saturated rings. The highest BCUT2D eigenvalue weighted by atomic mass is 35.5. The number of nitrogens with zero attached hydrogens (tertiary/aromatic N) is 4. The number of benzene rings is 1. The molecule has 5 rings (SSSR count). The molecule has 0 unspecified atom stereocenters. The average Bonchev–Trinajstić information content (AvgIpc) is 3.29. The van der Waals surface area contributed by atoms with Gasteiger partial charge in [-0.1, -0.05) is 36.9 Å². The summed E-state index contributed by atoms with van der Waals surface area (Å²) in [4.78, 5) is 20.7. The van der Waals surface area contributed by atoms with E-state index in [4.69, 9.17) is 11.6 Å². The van der Waals surface area contributed by atoms with Crippen LogP contribution in [0.3, 0.4) is 0 Å². The first-order valence-electron chi connectivity index (χ1n) is 12.4. The summed E-state index contributed by atoms with van der Waals surface area (Å²) >= 11 is 6.60. The largest absolute Gasteiger partial charge is 0.350 e.